The molecule has 0 radical (unpaired) electrons. The monoisotopic (exact) mass is 445 g/mol. The van der Waals surface area contributed by atoms with E-state index in [1.54, 1.807) is 4.90 Å². The molecule has 2 aliphatic heterocycles. The zero-order chi connectivity index (χ0) is 21.4. The molecule has 3 aliphatic rings. The van der Waals surface area contributed by atoms with Crippen LogP contribution in [0.25, 0.3) is 0 Å². The van der Waals surface area contributed by atoms with Crippen LogP contribution in [0.5, 0.6) is 17.4 Å². The quantitative estimate of drug-likeness (QED) is 0.687. The summed E-state index contributed by atoms with van der Waals surface area (Å²) in [5.74, 6) is 0.918. The number of aryl methyl sites for hydroxylation is 1. The first kappa shape index (κ1) is 20.5. The van der Waals surface area contributed by atoms with Gasteiger partial charge < -0.3 is 23.8 Å². The van der Waals surface area contributed by atoms with Crippen molar-refractivity contribution in [3.05, 3.63) is 40.5 Å². The summed E-state index contributed by atoms with van der Waals surface area (Å²) in [5, 5.41) is 8.05. The fourth-order valence-electron chi connectivity index (χ4n) is 4.09. The summed E-state index contributed by atoms with van der Waals surface area (Å²) >= 11 is 6.03. The number of ether oxygens (including phenoxy) is 4. The highest BCUT2D eigenvalue weighted by atomic mass is 35.5. The van der Waals surface area contributed by atoms with Crippen molar-refractivity contribution in [3.63, 3.8) is 0 Å². The predicted octanol–water partition coefficient (Wildman–Crippen LogP) is 4.45. The van der Waals surface area contributed by atoms with Crippen molar-refractivity contribution < 1.29 is 23.7 Å². The fraction of sp³-hybridized carbons (Fsp3) is 0.500. The molecule has 9 heteroatoms. The van der Waals surface area contributed by atoms with Crippen LogP contribution in [-0.2, 0) is 9.47 Å². The highest BCUT2D eigenvalue weighted by Gasteiger charge is 2.41. The maximum absolute atomic E-state index is 12.8. The van der Waals surface area contributed by atoms with E-state index in [9.17, 15) is 4.79 Å². The normalized spacial score (nSPS) is 20.1. The molecule has 0 N–H and O–H groups in total. The van der Waals surface area contributed by atoms with E-state index >= 15 is 0 Å². The van der Waals surface area contributed by atoms with E-state index in [1.165, 1.54) is 6.07 Å². The van der Waals surface area contributed by atoms with Gasteiger partial charge in [-0.15, -0.1) is 10.2 Å². The Labute approximate surface area is 185 Å². The zero-order valence-corrected chi connectivity index (χ0v) is 18.1. The van der Waals surface area contributed by atoms with Crippen LogP contribution in [0.15, 0.2) is 24.3 Å². The molecule has 3 fully saturated rings. The summed E-state index contributed by atoms with van der Waals surface area (Å²) in [4.78, 5) is 14.4. The second-order valence-corrected chi connectivity index (χ2v) is 8.56. The van der Waals surface area contributed by atoms with Crippen molar-refractivity contribution in [3.8, 4) is 17.4 Å². The maximum atomic E-state index is 12.8. The van der Waals surface area contributed by atoms with Crippen molar-refractivity contribution in [1.29, 1.82) is 0 Å². The molecule has 0 atom stereocenters. The predicted molar refractivity (Wildman–Crippen MR) is 112 cm³/mol. The van der Waals surface area contributed by atoms with Crippen LogP contribution in [0, 0.1) is 6.92 Å². The number of hydrogen-bond acceptors (Lipinski definition) is 7. The standard InChI is InChI=1S/C22H24ClN3O5/c1-14-3-2-4-16(15-5-6-15)19(14)31-20-17(13-18(23)24-25-20)30-21(27)26-9-7-22(8-10-26)28-11-12-29-22/h2-4,13,15H,5-12H2,1H3. The van der Waals surface area contributed by atoms with Crippen LogP contribution in [0.4, 0.5) is 4.79 Å². The van der Waals surface area contributed by atoms with E-state index in [2.05, 4.69) is 16.3 Å². The molecule has 0 bridgehead atoms. The van der Waals surface area contributed by atoms with E-state index in [-0.39, 0.29) is 16.8 Å². The average Bonchev–Trinajstić information content (AvgIpc) is 3.51. The Balaban J connectivity index is 1.33. The Morgan fingerprint density at radius 3 is 2.65 bits per heavy atom. The molecule has 1 spiro atoms. The number of aromatic nitrogens is 2. The van der Waals surface area contributed by atoms with Crippen molar-refractivity contribution in [2.45, 2.75) is 44.3 Å². The number of nitrogens with zero attached hydrogens (tertiary/aromatic N) is 3. The minimum absolute atomic E-state index is 0.116. The van der Waals surface area contributed by atoms with Crippen LogP contribution < -0.4 is 9.47 Å². The van der Waals surface area contributed by atoms with Gasteiger partial charge in [0.15, 0.2) is 16.7 Å². The second-order valence-electron chi connectivity index (χ2n) is 8.17. The third-order valence-electron chi connectivity index (χ3n) is 5.95. The smallest absolute Gasteiger partial charge is 0.415 e. The summed E-state index contributed by atoms with van der Waals surface area (Å²) in [5.41, 5.74) is 2.11. The number of rotatable bonds is 4. The van der Waals surface area contributed by atoms with Gasteiger partial charge in [-0.05, 0) is 36.8 Å². The molecular formula is C22H24ClN3O5. The van der Waals surface area contributed by atoms with Gasteiger partial charge in [0.05, 0.1) is 13.2 Å². The van der Waals surface area contributed by atoms with Gasteiger partial charge in [0, 0.05) is 32.0 Å². The van der Waals surface area contributed by atoms with E-state index in [4.69, 9.17) is 30.5 Å². The number of carbonyl (C=O) groups excluding carboxylic acids is 1. The van der Waals surface area contributed by atoms with Gasteiger partial charge in [0.25, 0.3) is 5.88 Å². The Hall–Kier alpha value is -2.42. The highest BCUT2D eigenvalue weighted by molar-refractivity contribution is 6.29. The number of para-hydroxylation sites is 1. The van der Waals surface area contributed by atoms with Crippen LogP contribution >= 0.6 is 11.6 Å². The molecule has 1 aliphatic carbocycles. The van der Waals surface area contributed by atoms with Gasteiger partial charge in [-0.1, -0.05) is 29.8 Å². The summed E-state index contributed by atoms with van der Waals surface area (Å²) < 4.78 is 23.2. The van der Waals surface area contributed by atoms with Crippen LogP contribution in [-0.4, -0.2) is 53.3 Å². The molecule has 8 nitrogen and oxygen atoms in total. The third-order valence-corrected chi connectivity index (χ3v) is 6.13. The van der Waals surface area contributed by atoms with Gasteiger partial charge in [-0.2, -0.15) is 0 Å². The summed E-state index contributed by atoms with van der Waals surface area (Å²) in [6, 6.07) is 7.51. The van der Waals surface area contributed by atoms with Crippen LogP contribution in [0.1, 0.15) is 42.7 Å². The molecule has 2 saturated heterocycles. The summed E-state index contributed by atoms with van der Waals surface area (Å²) in [7, 11) is 0. The van der Waals surface area contributed by atoms with E-state index in [1.807, 2.05) is 19.1 Å². The Bertz CT molecular complexity index is 981. The second kappa shape index (κ2) is 8.26. The fourth-order valence-corrected chi connectivity index (χ4v) is 4.22. The molecule has 5 rings (SSSR count). The lowest BCUT2D eigenvalue weighted by atomic mass is 10.0. The Morgan fingerprint density at radius 1 is 1.19 bits per heavy atom. The lowest BCUT2D eigenvalue weighted by molar-refractivity contribution is -0.182. The van der Waals surface area contributed by atoms with Gasteiger partial charge in [-0.25, -0.2) is 4.79 Å². The van der Waals surface area contributed by atoms with Crippen molar-refractivity contribution in [1.82, 2.24) is 15.1 Å². The molecule has 1 saturated carbocycles. The maximum Gasteiger partial charge on any atom is 0.415 e. The Morgan fingerprint density at radius 2 is 1.94 bits per heavy atom. The lowest BCUT2D eigenvalue weighted by Gasteiger charge is -2.36. The number of carbonyl (C=O) groups is 1. The number of amides is 1. The van der Waals surface area contributed by atoms with Gasteiger partial charge >= 0.3 is 6.09 Å². The minimum atomic E-state index is -0.559. The SMILES string of the molecule is Cc1cccc(C2CC2)c1Oc1nnc(Cl)cc1OC(=O)N1CCC2(CC1)OCCO2. The average molecular weight is 446 g/mol. The molecule has 164 valence electrons. The summed E-state index contributed by atoms with van der Waals surface area (Å²) in [6.45, 7) is 4.12. The largest absolute Gasteiger partial charge is 0.434 e. The van der Waals surface area contributed by atoms with Crippen molar-refractivity contribution >= 4 is 17.7 Å². The number of piperidine rings is 1. The van der Waals surface area contributed by atoms with Crippen molar-refractivity contribution in [2.24, 2.45) is 0 Å². The first-order chi connectivity index (χ1) is 15.0. The molecule has 31 heavy (non-hydrogen) atoms. The number of hydrogen-bond donors (Lipinski definition) is 0. The van der Waals surface area contributed by atoms with E-state index < -0.39 is 11.9 Å². The first-order valence-electron chi connectivity index (χ1n) is 10.6. The molecule has 2 aromatic rings. The zero-order valence-electron chi connectivity index (χ0n) is 17.3. The number of benzene rings is 1. The van der Waals surface area contributed by atoms with Crippen LogP contribution in [0.3, 0.4) is 0 Å². The van der Waals surface area contributed by atoms with Gasteiger partial charge in [0.1, 0.15) is 5.75 Å². The molecule has 0 unspecified atom stereocenters. The molecular weight excluding hydrogens is 422 g/mol. The van der Waals surface area contributed by atoms with Crippen molar-refractivity contribution in [2.75, 3.05) is 26.3 Å². The number of likely N-dealkylation sites (tertiary alicyclic amines) is 1. The molecule has 1 aromatic carbocycles. The first-order valence-corrected chi connectivity index (χ1v) is 11.0. The van der Waals surface area contributed by atoms with E-state index in [0.29, 0.717) is 45.1 Å². The minimum Gasteiger partial charge on any atom is -0.434 e. The highest BCUT2D eigenvalue weighted by Crippen LogP contribution is 2.47. The van der Waals surface area contributed by atoms with E-state index in [0.717, 1.165) is 29.7 Å². The molecule has 3 heterocycles. The number of halogens is 1. The van der Waals surface area contributed by atoms with Crippen LogP contribution in [0.2, 0.25) is 5.15 Å². The lowest BCUT2D eigenvalue weighted by Crippen LogP contribution is -2.48. The third kappa shape index (κ3) is 4.33. The van der Waals surface area contributed by atoms with Gasteiger partial charge in [-0.3, -0.25) is 0 Å². The topological polar surface area (TPSA) is 83.0 Å². The molecule has 1 aromatic heterocycles. The Kier molecular flexibility index (Phi) is 5.45. The molecule has 1 amide bonds. The van der Waals surface area contributed by atoms with Gasteiger partial charge in [0.2, 0.25) is 0 Å². The summed E-state index contributed by atoms with van der Waals surface area (Å²) in [6.07, 6.45) is 2.99.